The van der Waals surface area contributed by atoms with E-state index in [9.17, 15) is 9.90 Å². The molecule has 0 saturated carbocycles. The molecular weight excluding hydrogens is 316 g/mol. The Morgan fingerprint density at radius 3 is 2.79 bits per heavy atom. The summed E-state index contributed by atoms with van der Waals surface area (Å²) in [6.07, 6.45) is -0.703. The first kappa shape index (κ1) is 14.1. The molecule has 2 rings (SSSR count). The maximum Gasteiger partial charge on any atom is 0.339 e. The predicted octanol–water partition coefficient (Wildman–Crippen LogP) is 2.34. The molecule has 1 aliphatic heterocycles. The topological polar surface area (TPSA) is 65.0 Å². The normalized spacial score (nSPS) is 14.3. The van der Waals surface area contributed by atoms with Crippen molar-refractivity contribution in [3.05, 3.63) is 21.7 Å². The van der Waals surface area contributed by atoms with Gasteiger partial charge in [0.1, 0.15) is 0 Å². The third kappa shape index (κ3) is 2.55. The van der Waals surface area contributed by atoms with Gasteiger partial charge in [-0.3, -0.25) is 0 Å². The first-order valence-corrected chi connectivity index (χ1v) is 6.85. The number of fused-ring (bicyclic) bond motifs is 1. The van der Waals surface area contributed by atoms with E-state index >= 15 is 0 Å². The summed E-state index contributed by atoms with van der Waals surface area (Å²) in [6, 6.07) is 1.67. The monoisotopic (exact) mass is 330 g/mol. The molecule has 19 heavy (non-hydrogen) atoms. The average molecular weight is 331 g/mol. The van der Waals surface area contributed by atoms with Gasteiger partial charge in [0.2, 0.25) is 6.79 Å². The van der Waals surface area contributed by atoms with Crippen LogP contribution in [0.15, 0.2) is 10.5 Å². The standard InChI is InChI=1S/C13H15BrO5/c1-3-7-8(10(15)13(16)17-4-2)5-9(14)12-11(7)18-6-19-12/h5,10,15H,3-4,6H2,1-2H3. The second-order valence-electron chi connectivity index (χ2n) is 4.00. The second-order valence-corrected chi connectivity index (χ2v) is 4.85. The van der Waals surface area contributed by atoms with Crippen LogP contribution in [0.2, 0.25) is 0 Å². The van der Waals surface area contributed by atoms with Crippen molar-refractivity contribution in [2.75, 3.05) is 13.4 Å². The highest BCUT2D eigenvalue weighted by molar-refractivity contribution is 9.10. The van der Waals surface area contributed by atoms with Crippen LogP contribution in [0.25, 0.3) is 0 Å². The zero-order chi connectivity index (χ0) is 14.0. The molecule has 1 unspecified atom stereocenters. The van der Waals surface area contributed by atoms with Crippen molar-refractivity contribution in [2.45, 2.75) is 26.4 Å². The highest BCUT2D eigenvalue weighted by Crippen LogP contribution is 2.45. The number of rotatable bonds is 4. The van der Waals surface area contributed by atoms with Crippen LogP contribution in [-0.4, -0.2) is 24.5 Å². The van der Waals surface area contributed by atoms with Crippen LogP contribution in [0.3, 0.4) is 0 Å². The van der Waals surface area contributed by atoms with Gasteiger partial charge < -0.3 is 19.3 Å². The number of ether oxygens (including phenoxy) is 3. The molecule has 1 N–H and O–H groups in total. The molecule has 0 amide bonds. The minimum Gasteiger partial charge on any atom is -0.464 e. The highest BCUT2D eigenvalue weighted by Gasteiger charge is 2.29. The second kappa shape index (κ2) is 5.79. The van der Waals surface area contributed by atoms with Crippen LogP contribution in [0, 0.1) is 0 Å². The summed E-state index contributed by atoms with van der Waals surface area (Å²) in [7, 11) is 0. The molecule has 0 aromatic heterocycles. The predicted molar refractivity (Wildman–Crippen MR) is 71.2 cm³/mol. The van der Waals surface area contributed by atoms with Crippen molar-refractivity contribution in [1.29, 1.82) is 0 Å². The number of aliphatic hydroxyl groups excluding tert-OH is 1. The molecule has 0 saturated heterocycles. The van der Waals surface area contributed by atoms with Gasteiger partial charge in [-0.15, -0.1) is 0 Å². The number of halogens is 1. The van der Waals surface area contributed by atoms with Gasteiger partial charge in [0.25, 0.3) is 0 Å². The Bertz CT molecular complexity index is 500. The van der Waals surface area contributed by atoms with E-state index < -0.39 is 12.1 Å². The Labute approximate surface area is 119 Å². The Morgan fingerprint density at radius 2 is 2.16 bits per heavy atom. The van der Waals surface area contributed by atoms with Gasteiger partial charge >= 0.3 is 5.97 Å². The fourth-order valence-electron chi connectivity index (χ4n) is 2.06. The van der Waals surface area contributed by atoms with Gasteiger partial charge in [-0.2, -0.15) is 0 Å². The van der Waals surface area contributed by atoms with Crippen LogP contribution >= 0.6 is 15.9 Å². The van der Waals surface area contributed by atoms with Crippen molar-refractivity contribution in [2.24, 2.45) is 0 Å². The Kier molecular flexibility index (Phi) is 4.31. The van der Waals surface area contributed by atoms with E-state index in [0.29, 0.717) is 28.0 Å². The third-order valence-electron chi connectivity index (χ3n) is 2.89. The zero-order valence-electron chi connectivity index (χ0n) is 10.7. The minimum absolute atomic E-state index is 0.139. The fraction of sp³-hybridized carbons (Fsp3) is 0.462. The van der Waals surface area contributed by atoms with E-state index in [2.05, 4.69) is 15.9 Å². The Balaban J connectivity index is 2.46. The van der Waals surface area contributed by atoms with E-state index in [1.165, 1.54) is 0 Å². The fourth-order valence-corrected chi connectivity index (χ4v) is 2.60. The van der Waals surface area contributed by atoms with E-state index in [0.717, 1.165) is 5.56 Å². The molecule has 0 radical (unpaired) electrons. The lowest BCUT2D eigenvalue weighted by atomic mass is 9.99. The van der Waals surface area contributed by atoms with Crippen molar-refractivity contribution in [3.63, 3.8) is 0 Å². The lowest BCUT2D eigenvalue weighted by Gasteiger charge is -2.16. The molecule has 1 aromatic carbocycles. The first-order valence-electron chi connectivity index (χ1n) is 6.05. The van der Waals surface area contributed by atoms with Crippen LogP contribution < -0.4 is 9.47 Å². The molecule has 1 aromatic rings. The van der Waals surface area contributed by atoms with E-state index in [4.69, 9.17) is 14.2 Å². The quantitative estimate of drug-likeness (QED) is 0.858. The number of hydrogen-bond donors (Lipinski definition) is 1. The molecule has 0 bridgehead atoms. The van der Waals surface area contributed by atoms with Gasteiger partial charge in [-0.25, -0.2) is 4.79 Å². The van der Waals surface area contributed by atoms with Gasteiger partial charge in [0.05, 0.1) is 11.1 Å². The number of benzene rings is 1. The number of carbonyl (C=O) groups is 1. The van der Waals surface area contributed by atoms with Crippen molar-refractivity contribution >= 4 is 21.9 Å². The van der Waals surface area contributed by atoms with E-state index in [1.54, 1.807) is 13.0 Å². The third-order valence-corrected chi connectivity index (χ3v) is 3.48. The minimum atomic E-state index is -1.32. The molecule has 0 spiro atoms. The van der Waals surface area contributed by atoms with Gasteiger partial charge in [-0.05, 0) is 40.9 Å². The SMILES string of the molecule is CCOC(=O)C(O)c1cc(Br)c2c(c1CC)OCO2. The van der Waals surface area contributed by atoms with Gasteiger partial charge in [-0.1, -0.05) is 6.92 Å². The average Bonchev–Trinajstić information content (AvgIpc) is 2.87. The Morgan fingerprint density at radius 1 is 1.47 bits per heavy atom. The van der Waals surface area contributed by atoms with Crippen LogP contribution in [0.4, 0.5) is 0 Å². The number of esters is 1. The lowest BCUT2D eigenvalue weighted by molar-refractivity contribution is -0.153. The van der Waals surface area contributed by atoms with Crippen LogP contribution in [0.5, 0.6) is 11.5 Å². The van der Waals surface area contributed by atoms with E-state index in [1.807, 2.05) is 6.92 Å². The maximum absolute atomic E-state index is 11.7. The molecule has 6 heteroatoms. The lowest BCUT2D eigenvalue weighted by Crippen LogP contribution is -2.17. The summed E-state index contributed by atoms with van der Waals surface area (Å²) in [6.45, 7) is 3.98. The van der Waals surface area contributed by atoms with Crippen LogP contribution in [-0.2, 0) is 16.0 Å². The van der Waals surface area contributed by atoms with E-state index in [-0.39, 0.29) is 13.4 Å². The summed E-state index contributed by atoms with van der Waals surface area (Å²) in [4.78, 5) is 11.7. The molecule has 1 heterocycles. The smallest absolute Gasteiger partial charge is 0.339 e. The summed E-state index contributed by atoms with van der Waals surface area (Å²) in [5.74, 6) is 0.523. The molecule has 104 valence electrons. The number of aliphatic hydroxyl groups is 1. The molecule has 0 aliphatic carbocycles. The summed E-state index contributed by atoms with van der Waals surface area (Å²) < 4.78 is 16.3. The van der Waals surface area contributed by atoms with Gasteiger partial charge in [0, 0.05) is 5.56 Å². The largest absolute Gasteiger partial charge is 0.464 e. The highest BCUT2D eigenvalue weighted by atomic mass is 79.9. The van der Waals surface area contributed by atoms with Crippen LogP contribution in [0.1, 0.15) is 31.1 Å². The summed E-state index contributed by atoms with van der Waals surface area (Å²) in [5, 5.41) is 10.1. The summed E-state index contributed by atoms with van der Waals surface area (Å²) >= 11 is 3.35. The summed E-state index contributed by atoms with van der Waals surface area (Å²) in [5.41, 5.74) is 1.24. The molecule has 0 fully saturated rings. The number of hydrogen-bond acceptors (Lipinski definition) is 5. The number of carbonyl (C=O) groups excluding carboxylic acids is 1. The molecule has 1 aliphatic rings. The first-order chi connectivity index (χ1) is 9.10. The molecule has 5 nitrogen and oxygen atoms in total. The molecule has 1 atom stereocenters. The van der Waals surface area contributed by atoms with Gasteiger partial charge in [0.15, 0.2) is 17.6 Å². The van der Waals surface area contributed by atoms with Crippen molar-refractivity contribution in [1.82, 2.24) is 0 Å². The maximum atomic E-state index is 11.7. The van der Waals surface area contributed by atoms with Crippen molar-refractivity contribution < 1.29 is 24.1 Å². The molecular formula is C13H15BrO5. The van der Waals surface area contributed by atoms with Crippen molar-refractivity contribution in [3.8, 4) is 11.5 Å². The Hall–Kier alpha value is -1.27. The zero-order valence-corrected chi connectivity index (χ0v) is 12.3.